The van der Waals surface area contributed by atoms with Crippen LogP contribution in [0.25, 0.3) is 0 Å². The van der Waals surface area contributed by atoms with Crippen LogP contribution in [0.15, 0.2) is 91.0 Å². The molecule has 0 bridgehead atoms. The zero-order valence-electron chi connectivity index (χ0n) is 21.6. The molecule has 0 heterocycles. The van der Waals surface area contributed by atoms with E-state index >= 15 is 0 Å². The molecule has 0 aliphatic rings. The van der Waals surface area contributed by atoms with Crippen LogP contribution in [-0.4, -0.2) is 13.7 Å². The fourth-order valence-corrected chi connectivity index (χ4v) is 6.02. The molecular weight excluding hydrogens is 412 g/mol. The van der Waals surface area contributed by atoms with E-state index in [1.807, 2.05) is 7.11 Å². The Hall–Kier alpha value is -2.38. The van der Waals surface area contributed by atoms with Crippen LogP contribution in [-0.2, 0) is 10.2 Å². The number of methoxy groups -OCH3 is 1. The lowest BCUT2D eigenvalue weighted by Gasteiger charge is -2.46. The maximum Gasteiger partial charge on any atom is 0.0482 e. The number of rotatable bonds is 15. The second-order valence-electron chi connectivity index (χ2n) is 9.67. The summed E-state index contributed by atoms with van der Waals surface area (Å²) in [7, 11) is 1.83. The maximum atomic E-state index is 5.55. The first-order chi connectivity index (χ1) is 16.8. The van der Waals surface area contributed by atoms with Crippen molar-refractivity contribution in [2.24, 2.45) is 11.8 Å². The SMILES string of the molecule is CCCCCCC(CC)C(CCCOC)C(c1ccccc1)(c1ccccc1)c1ccccc1. The van der Waals surface area contributed by atoms with E-state index in [0.717, 1.165) is 19.4 Å². The van der Waals surface area contributed by atoms with E-state index in [-0.39, 0.29) is 5.41 Å². The monoisotopic (exact) mass is 456 g/mol. The van der Waals surface area contributed by atoms with Gasteiger partial charge >= 0.3 is 0 Å². The minimum Gasteiger partial charge on any atom is -0.385 e. The molecule has 34 heavy (non-hydrogen) atoms. The van der Waals surface area contributed by atoms with Crippen molar-refractivity contribution in [1.82, 2.24) is 0 Å². The van der Waals surface area contributed by atoms with Gasteiger partial charge in [0.15, 0.2) is 0 Å². The van der Waals surface area contributed by atoms with E-state index in [1.54, 1.807) is 0 Å². The van der Waals surface area contributed by atoms with E-state index in [4.69, 9.17) is 4.74 Å². The second-order valence-corrected chi connectivity index (χ2v) is 9.67. The third kappa shape index (κ3) is 6.19. The molecule has 2 unspecified atom stereocenters. The Morgan fingerprint density at radius 1 is 0.618 bits per heavy atom. The molecule has 3 aromatic rings. The Kier molecular flexibility index (Phi) is 10.9. The number of hydrogen-bond acceptors (Lipinski definition) is 1. The Bertz CT molecular complexity index is 806. The Labute approximate surface area is 208 Å². The van der Waals surface area contributed by atoms with Gasteiger partial charge in [-0.2, -0.15) is 0 Å². The molecule has 182 valence electrons. The van der Waals surface area contributed by atoms with Crippen molar-refractivity contribution in [3.05, 3.63) is 108 Å². The molecule has 0 N–H and O–H groups in total. The van der Waals surface area contributed by atoms with E-state index in [9.17, 15) is 0 Å². The Balaban J connectivity index is 2.22. The third-order valence-electron chi connectivity index (χ3n) is 7.63. The van der Waals surface area contributed by atoms with E-state index < -0.39 is 0 Å². The van der Waals surface area contributed by atoms with Gasteiger partial charge in [-0.1, -0.05) is 143 Å². The standard InChI is InChI=1S/C33H44O/c1-4-6-7-11-19-28(5-2)32(26-18-27-34-3)33(29-20-12-8-13-21-29,30-22-14-9-15-23-30)31-24-16-10-17-25-31/h8-10,12-17,20-25,28,32H,4-7,11,18-19,26-27H2,1-3H3. The summed E-state index contributed by atoms with van der Waals surface area (Å²) in [6.45, 7) is 5.52. The van der Waals surface area contributed by atoms with Gasteiger partial charge in [0.05, 0.1) is 0 Å². The summed E-state index contributed by atoms with van der Waals surface area (Å²) in [5, 5.41) is 0. The molecule has 0 spiro atoms. The molecule has 0 amide bonds. The van der Waals surface area contributed by atoms with Gasteiger partial charge < -0.3 is 4.74 Å². The van der Waals surface area contributed by atoms with Crippen LogP contribution >= 0.6 is 0 Å². The molecule has 3 aromatic carbocycles. The molecule has 0 aliphatic carbocycles. The average molecular weight is 457 g/mol. The predicted octanol–water partition coefficient (Wildman–Crippen LogP) is 9.06. The number of unbranched alkanes of at least 4 members (excludes halogenated alkanes) is 3. The fourth-order valence-electron chi connectivity index (χ4n) is 6.02. The van der Waals surface area contributed by atoms with Crippen molar-refractivity contribution in [3.8, 4) is 0 Å². The summed E-state index contributed by atoms with van der Waals surface area (Å²) in [6.07, 6.45) is 10.0. The average Bonchev–Trinajstić information content (AvgIpc) is 2.90. The van der Waals surface area contributed by atoms with Crippen LogP contribution in [0.1, 0.15) is 81.9 Å². The summed E-state index contributed by atoms with van der Waals surface area (Å²) in [5.74, 6) is 1.14. The third-order valence-corrected chi connectivity index (χ3v) is 7.63. The molecule has 0 saturated carbocycles. The van der Waals surface area contributed by atoms with Crippen molar-refractivity contribution in [1.29, 1.82) is 0 Å². The molecule has 0 fully saturated rings. The Morgan fingerprint density at radius 2 is 1.12 bits per heavy atom. The van der Waals surface area contributed by atoms with Crippen molar-refractivity contribution in [3.63, 3.8) is 0 Å². The molecule has 1 nitrogen and oxygen atoms in total. The first-order valence-electron chi connectivity index (χ1n) is 13.4. The quantitative estimate of drug-likeness (QED) is 0.164. The molecule has 0 aromatic heterocycles. The van der Waals surface area contributed by atoms with Gasteiger partial charge in [0.1, 0.15) is 0 Å². The van der Waals surface area contributed by atoms with Crippen molar-refractivity contribution in [2.75, 3.05) is 13.7 Å². The highest BCUT2D eigenvalue weighted by Crippen LogP contribution is 2.51. The van der Waals surface area contributed by atoms with Crippen molar-refractivity contribution >= 4 is 0 Å². The summed E-state index contributed by atoms with van der Waals surface area (Å²) >= 11 is 0. The minimum atomic E-state index is -0.192. The fraction of sp³-hybridized carbons (Fsp3) is 0.455. The highest BCUT2D eigenvalue weighted by molar-refractivity contribution is 5.51. The van der Waals surface area contributed by atoms with Crippen LogP contribution in [0.5, 0.6) is 0 Å². The lowest BCUT2D eigenvalue weighted by Crippen LogP contribution is -2.42. The van der Waals surface area contributed by atoms with Crippen molar-refractivity contribution in [2.45, 2.75) is 70.6 Å². The summed E-state index contributed by atoms with van der Waals surface area (Å²) in [6, 6.07) is 33.8. The summed E-state index contributed by atoms with van der Waals surface area (Å²) < 4.78 is 5.55. The highest BCUT2D eigenvalue weighted by atomic mass is 16.5. The van der Waals surface area contributed by atoms with Crippen LogP contribution in [0.2, 0.25) is 0 Å². The number of benzene rings is 3. The molecule has 1 heteroatoms. The topological polar surface area (TPSA) is 9.23 Å². The zero-order chi connectivity index (χ0) is 24.1. The minimum absolute atomic E-state index is 0.192. The number of ether oxygens (including phenoxy) is 1. The lowest BCUT2D eigenvalue weighted by molar-refractivity contribution is 0.156. The molecule has 0 radical (unpaired) electrons. The van der Waals surface area contributed by atoms with Crippen LogP contribution in [0.4, 0.5) is 0 Å². The second kappa shape index (κ2) is 14.1. The van der Waals surface area contributed by atoms with Gasteiger partial charge in [0, 0.05) is 19.1 Å². The lowest BCUT2D eigenvalue weighted by atomic mass is 9.56. The molecule has 0 aliphatic heterocycles. The van der Waals surface area contributed by atoms with Gasteiger partial charge in [0.25, 0.3) is 0 Å². The molecule has 3 rings (SSSR count). The van der Waals surface area contributed by atoms with E-state index in [1.165, 1.54) is 55.2 Å². The smallest absolute Gasteiger partial charge is 0.0482 e. The molecule has 0 saturated heterocycles. The van der Waals surface area contributed by atoms with Crippen LogP contribution < -0.4 is 0 Å². The van der Waals surface area contributed by atoms with Crippen molar-refractivity contribution < 1.29 is 4.74 Å². The van der Waals surface area contributed by atoms with Gasteiger partial charge in [-0.25, -0.2) is 0 Å². The van der Waals surface area contributed by atoms with Crippen LogP contribution in [0.3, 0.4) is 0 Å². The Morgan fingerprint density at radius 3 is 1.53 bits per heavy atom. The summed E-state index contributed by atoms with van der Waals surface area (Å²) in [4.78, 5) is 0. The normalized spacial score (nSPS) is 13.5. The molecule has 2 atom stereocenters. The van der Waals surface area contributed by atoms with Gasteiger partial charge in [-0.3, -0.25) is 0 Å². The van der Waals surface area contributed by atoms with Gasteiger partial charge in [0.2, 0.25) is 0 Å². The first kappa shape index (κ1) is 26.2. The van der Waals surface area contributed by atoms with Crippen LogP contribution in [0, 0.1) is 11.8 Å². The van der Waals surface area contributed by atoms with E-state index in [0.29, 0.717) is 11.8 Å². The molecular formula is C33H44O. The largest absolute Gasteiger partial charge is 0.385 e. The zero-order valence-corrected chi connectivity index (χ0v) is 21.6. The highest BCUT2D eigenvalue weighted by Gasteiger charge is 2.45. The predicted molar refractivity (Wildman–Crippen MR) is 146 cm³/mol. The van der Waals surface area contributed by atoms with Gasteiger partial charge in [-0.15, -0.1) is 0 Å². The maximum absolute atomic E-state index is 5.55. The van der Waals surface area contributed by atoms with Gasteiger partial charge in [-0.05, 0) is 41.4 Å². The summed E-state index contributed by atoms with van der Waals surface area (Å²) in [5.41, 5.74) is 4.02. The number of hydrogen-bond donors (Lipinski definition) is 0. The first-order valence-corrected chi connectivity index (χ1v) is 13.4. The van der Waals surface area contributed by atoms with E-state index in [2.05, 4.69) is 105 Å².